The highest BCUT2D eigenvalue weighted by Gasteiger charge is 2.21. The molecule has 0 spiro atoms. The zero-order chi connectivity index (χ0) is 13.1. The Morgan fingerprint density at radius 2 is 2.00 bits per heavy atom. The molecule has 1 rings (SSSR count). The first kappa shape index (κ1) is 14.6. The molecule has 0 radical (unpaired) electrons. The summed E-state index contributed by atoms with van der Waals surface area (Å²) in [6.07, 6.45) is 0. The van der Waals surface area contributed by atoms with Gasteiger partial charge < -0.3 is 15.2 Å². The lowest BCUT2D eigenvalue weighted by Crippen LogP contribution is -2.95. The third kappa shape index (κ3) is 4.03. The quantitative estimate of drug-likeness (QED) is 0.864. The smallest absolute Gasteiger partial charge is 0.146 e. The number of aliphatic hydroxyl groups excluding tert-OH is 1. The molecule has 0 heterocycles. The highest BCUT2D eigenvalue weighted by molar-refractivity contribution is 6.35. The molecule has 5 heteroatoms. The van der Waals surface area contributed by atoms with E-state index >= 15 is 0 Å². The summed E-state index contributed by atoms with van der Waals surface area (Å²) in [5.74, 6) is 0.640. The Hall–Kier alpha value is -0.480. The fourth-order valence-corrected chi connectivity index (χ4v) is 2.06. The fourth-order valence-electron chi connectivity index (χ4n) is 1.44. The minimum Gasteiger partial charge on any atom is -0.495 e. The average molecular weight is 279 g/mol. The molecule has 0 amide bonds. The van der Waals surface area contributed by atoms with Gasteiger partial charge >= 0.3 is 0 Å². The third-order valence-electron chi connectivity index (χ3n) is 2.57. The molecule has 3 nitrogen and oxygen atoms in total. The van der Waals surface area contributed by atoms with Crippen LogP contribution in [0.1, 0.15) is 19.4 Å². The molecule has 0 saturated carbocycles. The first-order valence-electron chi connectivity index (χ1n) is 5.37. The van der Waals surface area contributed by atoms with Crippen molar-refractivity contribution in [1.29, 1.82) is 0 Å². The monoisotopic (exact) mass is 278 g/mol. The average Bonchev–Trinajstić information content (AvgIpc) is 2.26. The molecule has 0 aliphatic rings. The van der Waals surface area contributed by atoms with Crippen molar-refractivity contribution in [2.75, 3.05) is 13.7 Å². The summed E-state index contributed by atoms with van der Waals surface area (Å²) in [5.41, 5.74) is 0.686. The Balaban J connectivity index is 2.90. The summed E-state index contributed by atoms with van der Waals surface area (Å²) in [6.45, 7) is 4.68. The first-order chi connectivity index (χ1) is 7.89. The van der Waals surface area contributed by atoms with Gasteiger partial charge in [-0.3, -0.25) is 0 Å². The molecule has 1 aromatic carbocycles. The number of ether oxygens (including phenoxy) is 1. The van der Waals surface area contributed by atoms with Crippen LogP contribution in [0.3, 0.4) is 0 Å². The molecular weight excluding hydrogens is 261 g/mol. The van der Waals surface area contributed by atoms with Gasteiger partial charge in [0.15, 0.2) is 0 Å². The van der Waals surface area contributed by atoms with E-state index in [-0.39, 0.29) is 12.1 Å². The molecule has 0 aliphatic heterocycles. The largest absolute Gasteiger partial charge is 0.495 e. The second-order valence-corrected chi connectivity index (χ2v) is 5.48. The fraction of sp³-hybridized carbons (Fsp3) is 0.500. The Morgan fingerprint density at radius 3 is 2.53 bits per heavy atom. The Morgan fingerprint density at radius 1 is 1.35 bits per heavy atom. The van der Waals surface area contributed by atoms with Gasteiger partial charge in [-0.25, -0.2) is 0 Å². The summed E-state index contributed by atoms with van der Waals surface area (Å²) >= 11 is 12.0. The molecular formula is C12H18Cl2NO2+. The van der Waals surface area contributed by atoms with Crippen molar-refractivity contribution in [1.82, 2.24) is 0 Å². The van der Waals surface area contributed by atoms with Crippen LogP contribution in [0.5, 0.6) is 5.75 Å². The normalized spacial score (nSPS) is 11.6. The minimum atomic E-state index is -0.236. The molecule has 17 heavy (non-hydrogen) atoms. The van der Waals surface area contributed by atoms with E-state index in [0.717, 1.165) is 5.56 Å². The number of rotatable bonds is 5. The number of hydrogen-bond donors (Lipinski definition) is 2. The first-order valence-corrected chi connectivity index (χ1v) is 6.12. The summed E-state index contributed by atoms with van der Waals surface area (Å²) in [7, 11) is 1.58. The molecule has 1 aromatic rings. The highest BCUT2D eigenvalue weighted by Crippen LogP contribution is 2.31. The van der Waals surface area contributed by atoms with Gasteiger partial charge in [-0.1, -0.05) is 23.2 Å². The van der Waals surface area contributed by atoms with Crippen LogP contribution in [0.4, 0.5) is 0 Å². The van der Waals surface area contributed by atoms with E-state index in [1.807, 2.05) is 25.2 Å². The van der Waals surface area contributed by atoms with E-state index in [0.29, 0.717) is 22.3 Å². The number of methoxy groups -OCH3 is 1. The van der Waals surface area contributed by atoms with E-state index < -0.39 is 0 Å². The van der Waals surface area contributed by atoms with Gasteiger partial charge in [-0.05, 0) is 26.0 Å². The summed E-state index contributed by atoms with van der Waals surface area (Å²) in [5, 5.41) is 12.3. The Labute approximate surface area is 112 Å². The van der Waals surface area contributed by atoms with E-state index in [1.54, 1.807) is 13.2 Å². The highest BCUT2D eigenvalue weighted by atomic mass is 35.5. The van der Waals surface area contributed by atoms with Crippen LogP contribution < -0.4 is 10.1 Å². The lowest BCUT2D eigenvalue weighted by molar-refractivity contribution is -0.736. The van der Waals surface area contributed by atoms with Crippen LogP contribution in [0.15, 0.2) is 12.1 Å². The van der Waals surface area contributed by atoms with Crippen LogP contribution in [-0.4, -0.2) is 24.4 Å². The number of halogens is 2. The Kier molecular flexibility index (Phi) is 5.07. The molecule has 0 atom stereocenters. The Bertz CT molecular complexity index is 394. The van der Waals surface area contributed by atoms with Crippen molar-refractivity contribution in [2.24, 2.45) is 0 Å². The third-order valence-corrected chi connectivity index (χ3v) is 3.07. The standard InChI is InChI=1S/C12H17Cl2NO2/c1-12(2,7-16)15-6-8-4-9(13)5-10(14)11(8)17-3/h4-5,15-16H,6-7H2,1-3H3/p+1. The molecule has 3 N–H and O–H groups in total. The lowest BCUT2D eigenvalue weighted by atomic mass is 10.1. The topological polar surface area (TPSA) is 46.1 Å². The van der Waals surface area contributed by atoms with Crippen molar-refractivity contribution in [2.45, 2.75) is 25.9 Å². The van der Waals surface area contributed by atoms with Crippen molar-refractivity contribution in [3.8, 4) is 5.75 Å². The predicted molar refractivity (Wildman–Crippen MR) is 69.8 cm³/mol. The molecule has 0 saturated heterocycles. The maximum atomic E-state index is 9.19. The molecule has 0 aliphatic carbocycles. The van der Waals surface area contributed by atoms with E-state index in [2.05, 4.69) is 0 Å². The van der Waals surface area contributed by atoms with Gasteiger partial charge in [0.05, 0.1) is 24.3 Å². The number of benzene rings is 1. The minimum absolute atomic E-state index is 0.101. The van der Waals surface area contributed by atoms with Crippen molar-refractivity contribution in [3.63, 3.8) is 0 Å². The molecule has 0 fully saturated rings. The summed E-state index contributed by atoms with van der Waals surface area (Å²) in [4.78, 5) is 0. The van der Waals surface area contributed by atoms with Crippen molar-refractivity contribution < 1.29 is 15.2 Å². The summed E-state index contributed by atoms with van der Waals surface area (Å²) < 4.78 is 5.26. The van der Waals surface area contributed by atoms with Crippen molar-refractivity contribution >= 4 is 23.2 Å². The van der Waals surface area contributed by atoms with Crippen molar-refractivity contribution in [3.05, 3.63) is 27.7 Å². The van der Waals surface area contributed by atoms with Crippen LogP contribution in [-0.2, 0) is 6.54 Å². The van der Waals surface area contributed by atoms with Gasteiger partial charge in [0.2, 0.25) is 0 Å². The van der Waals surface area contributed by atoms with Gasteiger partial charge in [-0.15, -0.1) is 0 Å². The van der Waals surface area contributed by atoms with Crippen LogP contribution >= 0.6 is 23.2 Å². The van der Waals surface area contributed by atoms with Gasteiger partial charge in [0, 0.05) is 5.02 Å². The second kappa shape index (κ2) is 5.91. The van der Waals surface area contributed by atoms with Gasteiger partial charge in [-0.2, -0.15) is 0 Å². The number of aliphatic hydroxyl groups is 1. The SMILES string of the molecule is COc1c(Cl)cc(Cl)cc1C[NH2+]C(C)(C)CO. The molecule has 0 unspecified atom stereocenters. The van der Waals surface area contributed by atoms with E-state index in [9.17, 15) is 5.11 Å². The van der Waals surface area contributed by atoms with Crippen LogP contribution in [0, 0.1) is 0 Å². The van der Waals surface area contributed by atoms with Crippen LogP contribution in [0.2, 0.25) is 10.0 Å². The molecule has 0 aromatic heterocycles. The number of nitrogens with two attached hydrogens (primary N) is 1. The second-order valence-electron chi connectivity index (χ2n) is 4.63. The van der Waals surface area contributed by atoms with Gasteiger partial charge in [0.25, 0.3) is 0 Å². The zero-order valence-corrected chi connectivity index (χ0v) is 11.8. The van der Waals surface area contributed by atoms with E-state index in [1.165, 1.54) is 0 Å². The van der Waals surface area contributed by atoms with Gasteiger partial charge in [0.1, 0.15) is 17.8 Å². The lowest BCUT2D eigenvalue weighted by Gasteiger charge is -2.20. The maximum absolute atomic E-state index is 9.19. The number of quaternary nitrogens is 1. The maximum Gasteiger partial charge on any atom is 0.146 e. The van der Waals surface area contributed by atoms with E-state index in [4.69, 9.17) is 27.9 Å². The summed E-state index contributed by atoms with van der Waals surface area (Å²) in [6, 6.07) is 3.48. The zero-order valence-electron chi connectivity index (χ0n) is 10.3. The molecule has 0 bridgehead atoms. The predicted octanol–water partition coefficient (Wildman–Crippen LogP) is 1.84. The number of hydrogen-bond acceptors (Lipinski definition) is 2. The van der Waals surface area contributed by atoms with Crippen LogP contribution in [0.25, 0.3) is 0 Å². The molecule has 96 valence electrons.